The summed E-state index contributed by atoms with van der Waals surface area (Å²) in [7, 11) is 1.68. The molecule has 168 valence electrons. The molecule has 0 fully saturated rings. The fraction of sp³-hybridized carbons (Fsp3) is 0.391. The van der Waals surface area contributed by atoms with Gasteiger partial charge in [0.2, 0.25) is 5.91 Å². The lowest BCUT2D eigenvalue weighted by atomic mass is 10.2. The minimum Gasteiger partial charge on any atom is -0.493 e. The number of carbonyl (C=O) groups excluding carboxylic acids is 1. The molecule has 0 aliphatic carbocycles. The summed E-state index contributed by atoms with van der Waals surface area (Å²) in [4.78, 5) is 19.0. The smallest absolute Gasteiger partial charge is 0.248 e. The number of aliphatic imine (C=N–C) groups is 1. The number of hydrogen-bond donors (Lipinski definition) is 2. The van der Waals surface area contributed by atoms with E-state index in [-0.39, 0.29) is 36.4 Å². The number of para-hydroxylation sites is 1. The molecule has 0 spiro atoms. The molecule has 0 aromatic heterocycles. The number of rotatable bonds is 9. The molecule has 2 N–H and O–H groups in total. The highest BCUT2D eigenvalue weighted by atomic mass is 127. The third kappa shape index (κ3) is 7.39. The maximum absolute atomic E-state index is 12.7. The molecule has 0 atom stereocenters. The van der Waals surface area contributed by atoms with Gasteiger partial charge in [0.1, 0.15) is 12.3 Å². The van der Waals surface area contributed by atoms with E-state index in [0.717, 1.165) is 30.0 Å². The summed E-state index contributed by atoms with van der Waals surface area (Å²) in [5.41, 5.74) is 3.05. The Morgan fingerprint density at radius 1 is 1.16 bits per heavy atom. The summed E-state index contributed by atoms with van der Waals surface area (Å²) in [6, 6.07) is 15.7. The van der Waals surface area contributed by atoms with Crippen LogP contribution in [0.25, 0.3) is 0 Å². The molecule has 0 radical (unpaired) electrons. The van der Waals surface area contributed by atoms with Crippen LogP contribution in [0.15, 0.2) is 53.5 Å². The van der Waals surface area contributed by atoms with Gasteiger partial charge in [-0.3, -0.25) is 4.79 Å². The zero-order chi connectivity index (χ0) is 21.2. The first-order chi connectivity index (χ1) is 14.7. The number of fused-ring (bicyclic) bond motifs is 1. The summed E-state index contributed by atoms with van der Waals surface area (Å²) in [5, 5.41) is 6.44. The number of anilines is 2. The summed E-state index contributed by atoms with van der Waals surface area (Å²) < 4.78 is 10.8. The van der Waals surface area contributed by atoms with Gasteiger partial charge in [-0.1, -0.05) is 24.3 Å². The van der Waals surface area contributed by atoms with E-state index in [1.165, 1.54) is 5.56 Å². The van der Waals surface area contributed by atoms with Gasteiger partial charge >= 0.3 is 0 Å². The van der Waals surface area contributed by atoms with Crippen LogP contribution >= 0.6 is 24.0 Å². The lowest BCUT2D eigenvalue weighted by Gasteiger charge is -2.17. The van der Waals surface area contributed by atoms with Crippen LogP contribution in [0, 0.1) is 0 Å². The predicted molar refractivity (Wildman–Crippen MR) is 136 cm³/mol. The Balaban J connectivity index is 0.00000341. The molecule has 1 aliphatic rings. The molecule has 3 rings (SSSR count). The highest BCUT2D eigenvalue weighted by molar-refractivity contribution is 14.0. The Morgan fingerprint density at radius 3 is 2.81 bits per heavy atom. The third-order valence-corrected chi connectivity index (χ3v) is 4.76. The fourth-order valence-electron chi connectivity index (χ4n) is 3.33. The van der Waals surface area contributed by atoms with Crippen LogP contribution in [-0.2, 0) is 16.0 Å². The standard InChI is InChI=1S/C23H30N4O3.HI/c1-3-24-23(26-19-9-6-10-20(16-19)30-15-7-14-29-2)25-17-22(28)27-13-12-18-8-4-5-11-21(18)27;/h4-6,8-11,16H,3,7,12-15,17H2,1-2H3,(H2,24,25,26);1H. The van der Waals surface area contributed by atoms with E-state index in [1.54, 1.807) is 7.11 Å². The lowest BCUT2D eigenvalue weighted by molar-refractivity contribution is -0.117. The van der Waals surface area contributed by atoms with Crippen LogP contribution in [0.2, 0.25) is 0 Å². The molecule has 31 heavy (non-hydrogen) atoms. The number of ether oxygens (including phenoxy) is 2. The Labute approximate surface area is 201 Å². The first-order valence-corrected chi connectivity index (χ1v) is 10.4. The van der Waals surface area contributed by atoms with Crippen molar-refractivity contribution >= 4 is 47.2 Å². The van der Waals surface area contributed by atoms with E-state index in [0.29, 0.717) is 32.3 Å². The van der Waals surface area contributed by atoms with Gasteiger partial charge in [-0.25, -0.2) is 4.99 Å². The number of carbonyl (C=O) groups is 1. The molecule has 0 saturated carbocycles. The Kier molecular flexibility index (Phi) is 10.6. The number of halogens is 1. The summed E-state index contributed by atoms with van der Waals surface area (Å²) in [6.07, 6.45) is 1.72. The van der Waals surface area contributed by atoms with Crippen LogP contribution in [0.4, 0.5) is 11.4 Å². The van der Waals surface area contributed by atoms with E-state index in [1.807, 2.05) is 54.3 Å². The first kappa shape index (κ1) is 24.9. The minimum absolute atomic E-state index is 0. The monoisotopic (exact) mass is 538 g/mol. The van der Waals surface area contributed by atoms with Gasteiger partial charge in [0.15, 0.2) is 5.96 Å². The first-order valence-electron chi connectivity index (χ1n) is 10.4. The average Bonchev–Trinajstić information content (AvgIpc) is 3.20. The second-order valence-corrected chi connectivity index (χ2v) is 6.97. The van der Waals surface area contributed by atoms with E-state index < -0.39 is 0 Å². The van der Waals surface area contributed by atoms with E-state index in [9.17, 15) is 4.79 Å². The SMILES string of the molecule is CCNC(=NCC(=O)N1CCc2ccccc21)Nc1cccc(OCCCOC)c1.I. The van der Waals surface area contributed by atoms with Crippen LogP contribution < -0.4 is 20.3 Å². The van der Waals surface area contributed by atoms with Crippen molar-refractivity contribution in [2.75, 3.05) is 50.2 Å². The Morgan fingerprint density at radius 2 is 2.00 bits per heavy atom. The van der Waals surface area contributed by atoms with Crippen molar-refractivity contribution in [2.45, 2.75) is 19.8 Å². The van der Waals surface area contributed by atoms with Crippen molar-refractivity contribution in [3.63, 3.8) is 0 Å². The number of nitrogens with zero attached hydrogens (tertiary/aromatic N) is 2. The summed E-state index contributed by atoms with van der Waals surface area (Å²) >= 11 is 0. The molecule has 8 heteroatoms. The quantitative estimate of drug-likeness (QED) is 0.221. The maximum Gasteiger partial charge on any atom is 0.248 e. The van der Waals surface area contributed by atoms with E-state index >= 15 is 0 Å². The number of hydrogen-bond acceptors (Lipinski definition) is 4. The van der Waals surface area contributed by atoms with E-state index in [2.05, 4.69) is 21.7 Å². The second-order valence-electron chi connectivity index (χ2n) is 6.97. The van der Waals surface area contributed by atoms with Gasteiger partial charge in [-0.2, -0.15) is 0 Å². The van der Waals surface area contributed by atoms with Crippen molar-refractivity contribution in [1.82, 2.24) is 5.32 Å². The van der Waals surface area contributed by atoms with Gasteiger partial charge in [-0.15, -0.1) is 24.0 Å². The van der Waals surface area contributed by atoms with Crippen LogP contribution in [0.5, 0.6) is 5.75 Å². The van der Waals surface area contributed by atoms with Gasteiger partial charge in [0.25, 0.3) is 0 Å². The van der Waals surface area contributed by atoms with Crippen LogP contribution in [-0.4, -0.2) is 51.8 Å². The van der Waals surface area contributed by atoms with Crippen LogP contribution in [0.1, 0.15) is 18.9 Å². The topological polar surface area (TPSA) is 75.2 Å². The zero-order valence-electron chi connectivity index (χ0n) is 18.1. The molecule has 1 heterocycles. The Bertz CT molecular complexity index is 875. The highest BCUT2D eigenvalue weighted by Crippen LogP contribution is 2.27. The van der Waals surface area contributed by atoms with Crippen molar-refractivity contribution < 1.29 is 14.3 Å². The number of amides is 1. The maximum atomic E-state index is 12.7. The molecule has 2 aromatic carbocycles. The van der Waals surface area contributed by atoms with Crippen molar-refractivity contribution in [3.8, 4) is 5.75 Å². The van der Waals surface area contributed by atoms with Gasteiger partial charge in [0, 0.05) is 50.7 Å². The Hall–Kier alpha value is -2.33. The number of nitrogens with one attached hydrogen (secondary N) is 2. The van der Waals surface area contributed by atoms with Gasteiger partial charge < -0.3 is 25.0 Å². The molecular formula is C23H31IN4O3. The average molecular weight is 538 g/mol. The zero-order valence-corrected chi connectivity index (χ0v) is 20.4. The molecule has 2 aromatic rings. The van der Waals surface area contributed by atoms with Gasteiger partial charge in [0.05, 0.1) is 6.61 Å². The molecule has 7 nitrogen and oxygen atoms in total. The van der Waals surface area contributed by atoms with Crippen molar-refractivity contribution in [1.29, 1.82) is 0 Å². The molecule has 0 saturated heterocycles. The predicted octanol–water partition coefficient (Wildman–Crippen LogP) is 3.69. The number of methoxy groups -OCH3 is 1. The third-order valence-electron chi connectivity index (χ3n) is 4.76. The highest BCUT2D eigenvalue weighted by Gasteiger charge is 2.23. The second kappa shape index (κ2) is 13.2. The molecular weight excluding hydrogens is 507 g/mol. The molecule has 1 aliphatic heterocycles. The lowest BCUT2D eigenvalue weighted by Crippen LogP contribution is -2.34. The molecule has 0 unspecified atom stereocenters. The number of guanidine groups is 1. The normalized spacial score (nSPS) is 12.7. The van der Waals surface area contributed by atoms with E-state index in [4.69, 9.17) is 9.47 Å². The summed E-state index contributed by atoms with van der Waals surface area (Å²) in [5.74, 6) is 1.33. The fourth-order valence-corrected chi connectivity index (χ4v) is 3.33. The number of benzene rings is 2. The van der Waals surface area contributed by atoms with Crippen LogP contribution in [0.3, 0.4) is 0 Å². The minimum atomic E-state index is -0.00706. The van der Waals surface area contributed by atoms with Crippen molar-refractivity contribution in [3.05, 3.63) is 54.1 Å². The largest absolute Gasteiger partial charge is 0.493 e. The molecule has 0 bridgehead atoms. The summed E-state index contributed by atoms with van der Waals surface area (Å²) in [6.45, 7) is 4.74. The van der Waals surface area contributed by atoms with Crippen molar-refractivity contribution in [2.24, 2.45) is 4.99 Å². The molecule has 1 amide bonds. The van der Waals surface area contributed by atoms with Gasteiger partial charge in [-0.05, 0) is 37.1 Å².